The molecule has 110 valence electrons. The molecule has 0 bridgehead atoms. The van der Waals surface area contributed by atoms with Crippen LogP contribution in [0.1, 0.15) is 26.7 Å². The molecule has 1 fully saturated rings. The first-order valence-corrected chi connectivity index (χ1v) is 6.88. The molecule has 0 aliphatic heterocycles. The molecule has 6 heteroatoms. The summed E-state index contributed by atoms with van der Waals surface area (Å²) in [5.74, 6) is -0.650. The van der Waals surface area contributed by atoms with Gasteiger partial charge in [-0.15, -0.1) is 0 Å². The van der Waals surface area contributed by atoms with Crippen molar-refractivity contribution in [3.8, 4) is 0 Å². The van der Waals surface area contributed by atoms with Crippen molar-refractivity contribution in [3.63, 3.8) is 0 Å². The molecule has 0 saturated heterocycles. The second-order valence-electron chi connectivity index (χ2n) is 4.84. The molecule has 0 spiro atoms. The Morgan fingerprint density at radius 1 is 1.42 bits per heavy atom. The zero-order valence-corrected chi connectivity index (χ0v) is 12.1. The number of hydrogen-bond acceptors (Lipinski definition) is 5. The second-order valence-corrected chi connectivity index (χ2v) is 4.84. The lowest BCUT2D eigenvalue weighted by molar-refractivity contribution is -0.144. The molecule has 1 saturated carbocycles. The van der Waals surface area contributed by atoms with Gasteiger partial charge in [0.25, 0.3) is 0 Å². The van der Waals surface area contributed by atoms with E-state index in [9.17, 15) is 9.59 Å². The zero-order chi connectivity index (χ0) is 14.3. The van der Waals surface area contributed by atoms with Gasteiger partial charge in [0, 0.05) is 32.6 Å². The number of methoxy groups -OCH3 is 1. The number of amides is 1. The van der Waals surface area contributed by atoms with Crippen LogP contribution in [0.2, 0.25) is 0 Å². The van der Waals surface area contributed by atoms with Crippen LogP contribution in [0.4, 0.5) is 0 Å². The van der Waals surface area contributed by atoms with E-state index in [4.69, 9.17) is 0 Å². The average Bonchev–Trinajstić information content (AvgIpc) is 3.20. The Bertz CT molecular complexity index is 306. The van der Waals surface area contributed by atoms with Gasteiger partial charge in [-0.25, -0.2) is 4.79 Å². The van der Waals surface area contributed by atoms with Crippen molar-refractivity contribution < 1.29 is 14.3 Å². The molecule has 1 rings (SSSR count). The summed E-state index contributed by atoms with van der Waals surface area (Å²) in [7, 11) is 1.32. The predicted molar refractivity (Wildman–Crippen MR) is 72.8 cm³/mol. The number of ether oxygens (including phenoxy) is 1. The van der Waals surface area contributed by atoms with E-state index in [0.717, 1.165) is 25.7 Å². The minimum Gasteiger partial charge on any atom is -0.467 e. The minimum absolute atomic E-state index is 0.231. The number of carbonyl (C=O) groups excluding carboxylic acids is 2. The van der Waals surface area contributed by atoms with Crippen molar-refractivity contribution in [2.75, 3.05) is 33.3 Å². The van der Waals surface area contributed by atoms with Gasteiger partial charge in [0.05, 0.1) is 7.11 Å². The first-order chi connectivity index (χ1) is 9.08. The van der Waals surface area contributed by atoms with Gasteiger partial charge in [-0.1, -0.05) is 6.92 Å². The number of rotatable bonds is 9. The Kier molecular flexibility index (Phi) is 6.80. The summed E-state index contributed by atoms with van der Waals surface area (Å²) in [6.45, 7) is 6.77. The highest BCUT2D eigenvalue weighted by molar-refractivity contribution is 5.83. The number of likely N-dealkylation sites (N-methyl/N-ethyl adjacent to an activating group) is 1. The fraction of sp³-hybridized carbons (Fsp3) is 0.846. The van der Waals surface area contributed by atoms with Crippen molar-refractivity contribution in [2.45, 2.75) is 38.8 Å². The van der Waals surface area contributed by atoms with Gasteiger partial charge in [0.15, 0.2) is 0 Å². The lowest BCUT2D eigenvalue weighted by Gasteiger charge is -2.21. The van der Waals surface area contributed by atoms with E-state index in [1.54, 1.807) is 0 Å². The summed E-state index contributed by atoms with van der Waals surface area (Å²) in [5, 5.41) is 5.77. The summed E-state index contributed by atoms with van der Waals surface area (Å²) in [4.78, 5) is 24.9. The van der Waals surface area contributed by atoms with Crippen LogP contribution in [-0.2, 0) is 14.3 Å². The minimum atomic E-state index is -0.612. The van der Waals surface area contributed by atoms with Crippen LogP contribution < -0.4 is 10.6 Å². The SMILES string of the molecule is CCN(CCNCC(NC(C)=O)C(=O)OC)C1CC1. The average molecular weight is 271 g/mol. The smallest absolute Gasteiger partial charge is 0.329 e. The molecule has 0 aromatic heterocycles. The summed E-state index contributed by atoms with van der Waals surface area (Å²) in [5.41, 5.74) is 0. The standard InChI is InChI=1S/C13H25N3O3/c1-4-16(11-5-6-11)8-7-14-9-12(13(18)19-3)15-10(2)17/h11-12,14H,4-9H2,1-3H3,(H,15,17). The van der Waals surface area contributed by atoms with E-state index in [-0.39, 0.29) is 5.91 Å². The van der Waals surface area contributed by atoms with Crippen LogP contribution in [0.25, 0.3) is 0 Å². The van der Waals surface area contributed by atoms with E-state index >= 15 is 0 Å². The largest absolute Gasteiger partial charge is 0.467 e. The van der Waals surface area contributed by atoms with Crippen LogP contribution in [0.5, 0.6) is 0 Å². The van der Waals surface area contributed by atoms with E-state index in [2.05, 4.69) is 27.2 Å². The monoisotopic (exact) mass is 271 g/mol. The Morgan fingerprint density at radius 3 is 2.58 bits per heavy atom. The van der Waals surface area contributed by atoms with Gasteiger partial charge in [0.2, 0.25) is 5.91 Å². The van der Waals surface area contributed by atoms with Crippen LogP contribution >= 0.6 is 0 Å². The third kappa shape index (κ3) is 6.02. The van der Waals surface area contributed by atoms with Crippen LogP contribution in [0.15, 0.2) is 0 Å². The quantitative estimate of drug-likeness (QED) is 0.446. The van der Waals surface area contributed by atoms with Gasteiger partial charge in [0.1, 0.15) is 6.04 Å². The molecular formula is C13H25N3O3. The third-order valence-electron chi connectivity index (χ3n) is 3.26. The Hall–Kier alpha value is -1.14. The molecule has 6 nitrogen and oxygen atoms in total. The number of carbonyl (C=O) groups is 2. The number of nitrogens with one attached hydrogen (secondary N) is 2. The maximum atomic E-state index is 11.5. The molecule has 1 aliphatic carbocycles. The Morgan fingerprint density at radius 2 is 2.11 bits per heavy atom. The third-order valence-corrected chi connectivity index (χ3v) is 3.26. The molecular weight excluding hydrogens is 246 g/mol. The Labute approximate surface area is 114 Å². The van der Waals surface area contributed by atoms with Crippen LogP contribution in [0.3, 0.4) is 0 Å². The summed E-state index contributed by atoms with van der Waals surface area (Å²) < 4.78 is 4.66. The maximum Gasteiger partial charge on any atom is 0.329 e. The summed E-state index contributed by atoms with van der Waals surface area (Å²) in [6, 6.07) is 0.136. The maximum absolute atomic E-state index is 11.5. The van der Waals surface area contributed by atoms with Gasteiger partial charge in [-0.05, 0) is 19.4 Å². The highest BCUT2D eigenvalue weighted by Gasteiger charge is 2.27. The topological polar surface area (TPSA) is 70.7 Å². The lowest BCUT2D eigenvalue weighted by Crippen LogP contribution is -2.48. The summed E-state index contributed by atoms with van der Waals surface area (Å²) in [6.07, 6.45) is 2.59. The van der Waals surface area contributed by atoms with Crippen LogP contribution in [-0.4, -0.2) is 62.1 Å². The number of nitrogens with zero attached hydrogens (tertiary/aromatic N) is 1. The fourth-order valence-corrected chi connectivity index (χ4v) is 2.09. The van der Waals surface area contributed by atoms with Crippen molar-refractivity contribution in [1.82, 2.24) is 15.5 Å². The molecule has 0 aromatic rings. The lowest BCUT2D eigenvalue weighted by atomic mass is 10.3. The Balaban J connectivity index is 2.23. The molecule has 2 N–H and O–H groups in total. The number of hydrogen-bond donors (Lipinski definition) is 2. The summed E-state index contributed by atoms with van der Waals surface area (Å²) >= 11 is 0. The second kappa shape index (κ2) is 8.12. The van der Waals surface area contributed by atoms with Gasteiger partial charge >= 0.3 is 5.97 Å². The zero-order valence-electron chi connectivity index (χ0n) is 12.1. The normalized spacial score (nSPS) is 16.2. The van der Waals surface area contributed by atoms with Gasteiger partial charge < -0.3 is 15.4 Å². The van der Waals surface area contributed by atoms with Crippen molar-refractivity contribution >= 4 is 11.9 Å². The highest BCUT2D eigenvalue weighted by atomic mass is 16.5. The van der Waals surface area contributed by atoms with Gasteiger partial charge in [-0.2, -0.15) is 0 Å². The van der Waals surface area contributed by atoms with Crippen molar-refractivity contribution in [1.29, 1.82) is 0 Å². The van der Waals surface area contributed by atoms with E-state index in [0.29, 0.717) is 6.54 Å². The van der Waals surface area contributed by atoms with Crippen molar-refractivity contribution in [2.24, 2.45) is 0 Å². The van der Waals surface area contributed by atoms with Crippen molar-refractivity contribution in [3.05, 3.63) is 0 Å². The highest BCUT2D eigenvalue weighted by Crippen LogP contribution is 2.25. The molecule has 1 aliphatic rings. The molecule has 1 unspecified atom stereocenters. The van der Waals surface area contributed by atoms with E-state index in [1.807, 2.05) is 0 Å². The first-order valence-electron chi connectivity index (χ1n) is 6.88. The van der Waals surface area contributed by atoms with Gasteiger partial charge in [-0.3, -0.25) is 9.69 Å². The van der Waals surface area contributed by atoms with Crippen LogP contribution in [0, 0.1) is 0 Å². The molecule has 0 radical (unpaired) electrons. The molecule has 0 heterocycles. The fourth-order valence-electron chi connectivity index (χ4n) is 2.09. The van der Waals surface area contributed by atoms with E-state index < -0.39 is 12.0 Å². The number of esters is 1. The first kappa shape index (κ1) is 15.9. The molecule has 0 aromatic carbocycles. The predicted octanol–water partition coefficient (Wildman–Crippen LogP) is -0.262. The molecule has 19 heavy (non-hydrogen) atoms. The van der Waals surface area contributed by atoms with E-state index in [1.165, 1.54) is 26.9 Å². The molecule has 1 atom stereocenters. The molecule has 1 amide bonds.